The number of nitrogens with one attached hydrogen (secondary N) is 3. The number of rotatable bonds is 19. The Morgan fingerprint density at radius 2 is 1.39 bits per heavy atom. The van der Waals surface area contributed by atoms with Crippen LogP contribution in [0.15, 0.2) is 85.6 Å². The lowest BCUT2D eigenvalue weighted by atomic mass is 10.1. The van der Waals surface area contributed by atoms with Gasteiger partial charge in [0.25, 0.3) is 30.4 Å². The Morgan fingerprint density at radius 1 is 0.758 bits per heavy atom. The van der Waals surface area contributed by atoms with E-state index in [0.29, 0.717) is 24.2 Å². The van der Waals surface area contributed by atoms with Crippen LogP contribution in [0, 0.1) is 0 Å². The Labute approximate surface area is 383 Å². The minimum Gasteiger partial charge on any atom is -0.505 e. The SMILES string of the molecule is COc1cc(S(=O)(=O)O)c(N=Nc2c(S(=O)(=O)O)cc3cc(Nc4nc(Cl)nc(NCCCN(CCO)c5nc(Cl)nc(Nc6cccc(C(N)=O)c6)n5)n4)ccc3c2O)cc1S(=O)(=O)O. The number of anilines is 6. The minimum absolute atomic E-state index is 0.0219. The number of methoxy groups -OCH3 is 1. The first-order chi connectivity index (χ1) is 31.0. The second-order valence-electron chi connectivity index (χ2n) is 13.3. The standard InChI is InChI=1S/C35H33Cl2N13O13S3/c1-63-23-16-24(64(54,55)56)22(15-25(23)65(57,58)59)48-49-27-26(66(60,61)62)14-18-13-20(6-7-21(18)28(27)52)41-33-43-30(36)42-32(46-33)39-8-3-9-50(10-11-51)35-45-31(37)44-34(47-35)40-19-5-2-4-17(12-19)29(38)53/h2,4-7,12-16,51-52H,3,8-11H2,1H3,(H2,38,53)(H,54,55,56)(H,57,58,59)(H,60,61,62)(H,40,44,45,47)(H2,39,41,42,43,46). The fourth-order valence-electron chi connectivity index (χ4n) is 5.94. The largest absolute Gasteiger partial charge is 0.505 e. The lowest BCUT2D eigenvalue weighted by molar-refractivity contribution is 0.1000. The highest BCUT2D eigenvalue weighted by Gasteiger charge is 2.27. The zero-order chi connectivity index (χ0) is 48.1. The average Bonchev–Trinajstić information content (AvgIpc) is 3.22. The number of aromatic nitrogens is 6. The summed E-state index contributed by atoms with van der Waals surface area (Å²) in [4.78, 5) is 35.2. The van der Waals surface area contributed by atoms with Crippen LogP contribution >= 0.6 is 23.2 Å². The number of hydrogen-bond acceptors (Lipinski definition) is 22. The van der Waals surface area contributed by atoms with Gasteiger partial charge in [0.1, 0.15) is 31.8 Å². The first kappa shape index (κ1) is 48.7. The molecule has 0 spiro atoms. The van der Waals surface area contributed by atoms with Gasteiger partial charge in [-0.1, -0.05) is 6.07 Å². The van der Waals surface area contributed by atoms with Gasteiger partial charge in [-0.2, -0.15) is 55.2 Å². The maximum absolute atomic E-state index is 12.5. The molecule has 66 heavy (non-hydrogen) atoms. The monoisotopic (exact) mass is 1010 g/mol. The maximum Gasteiger partial charge on any atom is 0.298 e. The van der Waals surface area contributed by atoms with Gasteiger partial charge in [0.15, 0.2) is 5.75 Å². The smallest absolute Gasteiger partial charge is 0.298 e. The second kappa shape index (κ2) is 19.8. The van der Waals surface area contributed by atoms with E-state index < -0.39 is 73.8 Å². The summed E-state index contributed by atoms with van der Waals surface area (Å²) in [6.45, 7) is 0.389. The van der Waals surface area contributed by atoms with Crippen molar-refractivity contribution in [3.63, 3.8) is 0 Å². The Bertz CT molecular complexity index is 3250. The molecule has 0 unspecified atom stereocenters. The van der Waals surface area contributed by atoms with Gasteiger partial charge in [0.2, 0.25) is 40.3 Å². The molecule has 0 radical (unpaired) electrons. The third kappa shape index (κ3) is 11.9. The molecule has 4 aromatic carbocycles. The molecule has 1 amide bonds. The summed E-state index contributed by atoms with van der Waals surface area (Å²) in [5, 5.41) is 36.4. The van der Waals surface area contributed by atoms with E-state index >= 15 is 0 Å². The molecule has 348 valence electrons. The number of carbonyl (C=O) groups excluding carboxylic acids is 1. The Kier molecular flexibility index (Phi) is 14.6. The molecule has 0 bridgehead atoms. The molecule has 0 aliphatic carbocycles. The molecule has 0 fully saturated rings. The number of hydrogen-bond donors (Lipinski definition) is 9. The number of phenolic OH excluding ortho intramolecular Hbond substituents is 1. The lowest BCUT2D eigenvalue weighted by Gasteiger charge is -2.22. The predicted octanol–water partition coefficient (Wildman–Crippen LogP) is 4.27. The third-order valence-corrected chi connectivity index (χ3v) is 11.8. The number of halogens is 2. The van der Waals surface area contributed by atoms with Gasteiger partial charge in [-0.05, 0) is 83.5 Å². The van der Waals surface area contributed by atoms with Crippen molar-refractivity contribution in [2.45, 2.75) is 21.1 Å². The number of fused-ring (bicyclic) bond motifs is 1. The van der Waals surface area contributed by atoms with Crippen molar-refractivity contribution in [2.75, 3.05) is 54.2 Å². The van der Waals surface area contributed by atoms with Crippen molar-refractivity contribution in [3.8, 4) is 11.5 Å². The first-order valence-corrected chi connectivity index (χ1v) is 23.3. The van der Waals surface area contributed by atoms with Crippen LogP contribution in [0.2, 0.25) is 10.6 Å². The van der Waals surface area contributed by atoms with Crippen molar-refractivity contribution < 1.29 is 58.7 Å². The van der Waals surface area contributed by atoms with Crippen LogP contribution in [0.25, 0.3) is 10.8 Å². The van der Waals surface area contributed by atoms with Crippen molar-refractivity contribution in [2.24, 2.45) is 16.0 Å². The van der Waals surface area contributed by atoms with Crippen LogP contribution in [0.3, 0.4) is 0 Å². The second-order valence-corrected chi connectivity index (χ2v) is 18.1. The molecule has 2 aromatic heterocycles. The molecule has 10 N–H and O–H groups in total. The zero-order valence-corrected chi connectivity index (χ0v) is 37.4. The van der Waals surface area contributed by atoms with E-state index in [2.05, 4.69) is 56.1 Å². The summed E-state index contributed by atoms with van der Waals surface area (Å²) in [6, 6.07) is 12.1. The van der Waals surface area contributed by atoms with E-state index in [0.717, 1.165) is 13.2 Å². The molecule has 6 rings (SSSR count). The first-order valence-electron chi connectivity index (χ1n) is 18.3. The van der Waals surface area contributed by atoms with E-state index in [-0.39, 0.29) is 82.6 Å². The number of azo groups is 1. The van der Waals surface area contributed by atoms with Gasteiger partial charge in [-0.25, -0.2) is 0 Å². The predicted molar refractivity (Wildman–Crippen MR) is 236 cm³/mol. The molecular weight excluding hydrogens is 978 g/mol. The van der Waals surface area contributed by atoms with Crippen LogP contribution in [0.5, 0.6) is 11.5 Å². The molecule has 2 heterocycles. The summed E-state index contributed by atoms with van der Waals surface area (Å²) in [7, 11) is -14.6. The summed E-state index contributed by atoms with van der Waals surface area (Å²) < 4.78 is 108. The Balaban J connectivity index is 1.19. The van der Waals surface area contributed by atoms with E-state index in [1.54, 1.807) is 23.1 Å². The number of nitrogens with zero attached hydrogens (tertiary/aromatic N) is 9. The Morgan fingerprint density at radius 3 is 2.03 bits per heavy atom. The van der Waals surface area contributed by atoms with E-state index in [4.69, 9.17) is 33.7 Å². The lowest BCUT2D eigenvalue weighted by Crippen LogP contribution is -2.31. The summed E-state index contributed by atoms with van der Waals surface area (Å²) in [5.41, 5.74) is 4.41. The van der Waals surface area contributed by atoms with Crippen molar-refractivity contribution in [3.05, 3.63) is 76.8 Å². The van der Waals surface area contributed by atoms with E-state index in [1.807, 2.05) is 0 Å². The topological polar surface area (TPSA) is 397 Å². The van der Waals surface area contributed by atoms with Crippen molar-refractivity contribution in [1.82, 2.24) is 29.9 Å². The highest BCUT2D eigenvalue weighted by molar-refractivity contribution is 7.86. The van der Waals surface area contributed by atoms with Gasteiger partial charge in [-0.15, -0.1) is 10.2 Å². The van der Waals surface area contributed by atoms with E-state index in [1.165, 1.54) is 24.3 Å². The zero-order valence-electron chi connectivity index (χ0n) is 33.4. The van der Waals surface area contributed by atoms with Gasteiger partial charge >= 0.3 is 0 Å². The number of aliphatic hydroxyl groups excluding tert-OH is 1. The van der Waals surface area contributed by atoms with Gasteiger partial charge in [0.05, 0.1) is 13.7 Å². The third-order valence-electron chi connectivity index (χ3n) is 8.79. The fourth-order valence-corrected chi connectivity index (χ4v) is 8.19. The molecule has 26 nitrogen and oxygen atoms in total. The average molecular weight is 1010 g/mol. The number of aliphatic hydroxyl groups is 1. The summed E-state index contributed by atoms with van der Waals surface area (Å²) in [5.74, 6) is -2.11. The van der Waals surface area contributed by atoms with Crippen molar-refractivity contribution in [1.29, 1.82) is 0 Å². The van der Waals surface area contributed by atoms with Crippen LogP contribution < -0.4 is 31.3 Å². The molecule has 6 aromatic rings. The van der Waals surface area contributed by atoms with Gasteiger partial charge in [-0.3, -0.25) is 18.5 Å². The number of aromatic hydroxyl groups is 1. The maximum atomic E-state index is 12.5. The minimum atomic E-state index is -5.23. The number of phenols is 1. The summed E-state index contributed by atoms with van der Waals surface area (Å²) >= 11 is 12.4. The van der Waals surface area contributed by atoms with Crippen LogP contribution in [-0.4, -0.2) is 118 Å². The summed E-state index contributed by atoms with van der Waals surface area (Å²) in [6.07, 6.45) is 0.401. The number of nitrogens with two attached hydrogens (primary N) is 1. The molecule has 0 saturated carbocycles. The quantitative estimate of drug-likeness (QED) is 0.0310. The molecule has 0 aliphatic heterocycles. The number of carbonyl (C=O) groups is 1. The number of amides is 1. The molecular formula is C35H33Cl2N13O13S3. The molecule has 31 heteroatoms. The van der Waals surface area contributed by atoms with Crippen molar-refractivity contribution >= 4 is 117 Å². The molecule has 0 saturated heterocycles. The highest BCUT2D eigenvalue weighted by atomic mass is 35.5. The van der Waals surface area contributed by atoms with Crippen LogP contribution in [-0.2, 0) is 30.4 Å². The number of ether oxygens (including phenoxy) is 1. The number of primary amides is 1. The van der Waals surface area contributed by atoms with Crippen LogP contribution in [0.4, 0.5) is 46.5 Å². The van der Waals surface area contributed by atoms with Gasteiger partial charge in [0, 0.05) is 48.0 Å². The number of benzene rings is 4. The highest BCUT2D eigenvalue weighted by Crippen LogP contribution is 2.43. The van der Waals surface area contributed by atoms with Crippen LogP contribution in [0.1, 0.15) is 16.8 Å². The normalized spacial score (nSPS) is 12.0. The molecule has 0 aliphatic rings. The molecule has 0 atom stereocenters. The van der Waals surface area contributed by atoms with E-state index in [9.17, 15) is 53.9 Å². The fraction of sp³-hybridized carbons (Fsp3) is 0.171. The Hall–Kier alpha value is -6.70. The van der Waals surface area contributed by atoms with Gasteiger partial charge < -0.3 is 41.5 Å².